The van der Waals surface area contributed by atoms with E-state index < -0.39 is 10.0 Å². The molecule has 1 heterocycles. The third-order valence-corrected chi connectivity index (χ3v) is 5.98. The van der Waals surface area contributed by atoms with E-state index in [0.29, 0.717) is 23.9 Å². The van der Waals surface area contributed by atoms with Gasteiger partial charge in [0.15, 0.2) is 0 Å². The van der Waals surface area contributed by atoms with Gasteiger partial charge in [0, 0.05) is 34.7 Å². The van der Waals surface area contributed by atoms with Crippen molar-refractivity contribution in [3.05, 3.63) is 65.2 Å². The van der Waals surface area contributed by atoms with Gasteiger partial charge in [-0.3, -0.25) is 4.72 Å². The Balaban J connectivity index is 1.66. The second-order valence-corrected chi connectivity index (χ2v) is 8.17. The molecule has 1 aliphatic heterocycles. The predicted octanol–water partition coefficient (Wildman–Crippen LogP) is 3.78. The van der Waals surface area contributed by atoms with Gasteiger partial charge in [-0.15, -0.1) is 0 Å². The number of ether oxygens (including phenoxy) is 1. The normalized spacial score (nSPS) is 14.3. The van der Waals surface area contributed by atoms with Gasteiger partial charge < -0.3 is 10.1 Å². The Morgan fingerprint density at radius 2 is 1.96 bits per heavy atom. The van der Waals surface area contributed by atoms with E-state index in [0.717, 1.165) is 28.6 Å². The van der Waals surface area contributed by atoms with Crippen LogP contribution < -0.4 is 14.8 Å². The van der Waals surface area contributed by atoms with Crippen LogP contribution in [0.25, 0.3) is 10.8 Å². The minimum absolute atomic E-state index is 0.191. The maximum atomic E-state index is 12.8. The maximum Gasteiger partial charge on any atom is 0.261 e. The van der Waals surface area contributed by atoms with Gasteiger partial charge in [0.1, 0.15) is 12.4 Å². The van der Waals surface area contributed by atoms with Crippen LogP contribution in [0, 0.1) is 0 Å². The highest BCUT2D eigenvalue weighted by atomic mass is 35.5. The van der Waals surface area contributed by atoms with E-state index in [-0.39, 0.29) is 4.90 Å². The van der Waals surface area contributed by atoms with Crippen LogP contribution in [0.3, 0.4) is 0 Å². The summed E-state index contributed by atoms with van der Waals surface area (Å²) in [5.41, 5.74) is 1.43. The summed E-state index contributed by atoms with van der Waals surface area (Å²) in [6.07, 6.45) is 0. The highest BCUT2D eigenvalue weighted by molar-refractivity contribution is 7.92. The quantitative estimate of drug-likeness (QED) is 0.716. The lowest BCUT2D eigenvalue weighted by Crippen LogP contribution is -2.16. The van der Waals surface area contributed by atoms with Crippen molar-refractivity contribution in [2.75, 3.05) is 17.9 Å². The number of hydrogen-bond acceptors (Lipinski definition) is 4. The largest absolute Gasteiger partial charge is 0.492 e. The fourth-order valence-corrected chi connectivity index (χ4v) is 4.31. The van der Waals surface area contributed by atoms with Crippen LogP contribution in [0.2, 0.25) is 5.02 Å². The molecule has 1 aliphatic rings. The molecular weight excluding hydrogens is 372 g/mol. The first-order chi connectivity index (χ1) is 12.5. The second kappa shape index (κ2) is 6.79. The molecular formula is C19H17ClN2O3S. The van der Waals surface area contributed by atoms with Gasteiger partial charge in [0.05, 0.1) is 4.90 Å². The van der Waals surface area contributed by atoms with Crippen LogP contribution in [0.4, 0.5) is 5.69 Å². The molecule has 0 spiro atoms. The van der Waals surface area contributed by atoms with E-state index in [1.165, 1.54) is 0 Å². The molecule has 134 valence electrons. The number of benzene rings is 3. The summed E-state index contributed by atoms with van der Waals surface area (Å²) in [6, 6.07) is 15.6. The zero-order valence-electron chi connectivity index (χ0n) is 13.8. The molecule has 3 aromatic carbocycles. The van der Waals surface area contributed by atoms with Gasteiger partial charge in [-0.2, -0.15) is 0 Å². The van der Waals surface area contributed by atoms with Crippen LogP contribution in [0.1, 0.15) is 5.56 Å². The lowest BCUT2D eigenvalue weighted by molar-refractivity contribution is 0.326. The topological polar surface area (TPSA) is 67.4 Å². The van der Waals surface area contributed by atoms with Gasteiger partial charge in [-0.25, -0.2) is 8.42 Å². The SMILES string of the molecule is O=S(=O)(Nc1ccc2c(c1)CNCCO2)c1ccc2c(Cl)cccc2c1. The zero-order chi connectivity index (χ0) is 18.1. The lowest BCUT2D eigenvalue weighted by atomic mass is 10.1. The number of fused-ring (bicyclic) bond motifs is 2. The molecule has 0 radical (unpaired) electrons. The van der Waals surface area contributed by atoms with Crippen molar-refractivity contribution in [1.29, 1.82) is 0 Å². The standard InChI is InChI=1S/C19H17ClN2O3S/c20-18-3-1-2-13-11-16(5-6-17(13)18)26(23,24)22-15-4-7-19-14(10-15)12-21-8-9-25-19/h1-7,10-11,21-22H,8-9,12H2. The Morgan fingerprint density at radius 1 is 1.08 bits per heavy atom. The molecule has 0 unspecified atom stereocenters. The third-order valence-electron chi connectivity index (χ3n) is 4.27. The molecule has 0 aromatic heterocycles. The molecule has 0 saturated carbocycles. The molecule has 0 saturated heterocycles. The Hall–Kier alpha value is -2.28. The number of halogens is 1. The summed E-state index contributed by atoms with van der Waals surface area (Å²) in [5.74, 6) is 0.776. The van der Waals surface area contributed by atoms with Gasteiger partial charge >= 0.3 is 0 Å². The van der Waals surface area contributed by atoms with Crippen molar-refractivity contribution in [3.63, 3.8) is 0 Å². The summed E-state index contributed by atoms with van der Waals surface area (Å²) in [5, 5.41) is 5.43. The first-order valence-electron chi connectivity index (χ1n) is 8.20. The molecule has 2 N–H and O–H groups in total. The number of anilines is 1. The van der Waals surface area contributed by atoms with E-state index in [2.05, 4.69) is 10.0 Å². The maximum absolute atomic E-state index is 12.8. The Kier molecular flexibility index (Phi) is 4.48. The highest BCUT2D eigenvalue weighted by Gasteiger charge is 2.17. The summed E-state index contributed by atoms with van der Waals surface area (Å²) in [6.45, 7) is 1.99. The van der Waals surface area contributed by atoms with Crippen LogP contribution in [-0.2, 0) is 16.6 Å². The molecule has 26 heavy (non-hydrogen) atoms. The average molecular weight is 389 g/mol. The summed E-state index contributed by atoms with van der Waals surface area (Å²) in [7, 11) is -3.71. The first kappa shape index (κ1) is 17.1. The molecule has 0 aliphatic carbocycles. The van der Waals surface area contributed by atoms with E-state index in [4.69, 9.17) is 16.3 Å². The molecule has 0 fully saturated rings. The van der Waals surface area contributed by atoms with Crippen LogP contribution in [0.5, 0.6) is 5.75 Å². The first-order valence-corrected chi connectivity index (χ1v) is 10.1. The van der Waals surface area contributed by atoms with Crippen molar-refractivity contribution < 1.29 is 13.2 Å². The third kappa shape index (κ3) is 3.35. The monoisotopic (exact) mass is 388 g/mol. The molecule has 0 bridgehead atoms. The number of nitrogens with one attached hydrogen (secondary N) is 2. The molecule has 7 heteroatoms. The molecule has 0 amide bonds. The van der Waals surface area contributed by atoms with Gasteiger partial charge in [0.25, 0.3) is 10.0 Å². The van der Waals surface area contributed by atoms with Crippen molar-refractivity contribution in [3.8, 4) is 5.75 Å². The molecule has 4 rings (SSSR count). The van der Waals surface area contributed by atoms with E-state index >= 15 is 0 Å². The van der Waals surface area contributed by atoms with Gasteiger partial charge in [-0.1, -0.05) is 29.8 Å². The number of sulfonamides is 1. The fourth-order valence-electron chi connectivity index (χ4n) is 2.98. The van der Waals surface area contributed by atoms with Crippen molar-refractivity contribution in [2.24, 2.45) is 0 Å². The minimum Gasteiger partial charge on any atom is -0.492 e. The molecule has 3 aromatic rings. The Labute approximate surface area is 157 Å². The summed E-state index contributed by atoms with van der Waals surface area (Å²) >= 11 is 6.15. The Morgan fingerprint density at radius 3 is 2.85 bits per heavy atom. The van der Waals surface area contributed by atoms with E-state index in [1.54, 1.807) is 48.5 Å². The molecule has 0 atom stereocenters. The fraction of sp³-hybridized carbons (Fsp3) is 0.158. The van der Waals surface area contributed by atoms with E-state index in [1.807, 2.05) is 6.07 Å². The lowest BCUT2D eigenvalue weighted by Gasteiger charge is -2.12. The van der Waals surface area contributed by atoms with Gasteiger partial charge in [0.2, 0.25) is 0 Å². The Bertz CT molecular complexity index is 1080. The summed E-state index contributed by atoms with van der Waals surface area (Å²) < 4.78 is 33.8. The van der Waals surface area contributed by atoms with Crippen molar-refractivity contribution in [1.82, 2.24) is 5.32 Å². The average Bonchev–Trinajstić information content (AvgIpc) is 2.86. The second-order valence-electron chi connectivity index (χ2n) is 6.08. The van der Waals surface area contributed by atoms with E-state index in [9.17, 15) is 8.42 Å². The van der Waals surface area contributed by atoms with Gasteiger partial charge in [-0.05, 0) is 41.8 Å². The van der Waals surface area contributed by atoms with Crippen LogP contribution >= 0.6 is 11.6 Å². The van der Waals surface area contributed by atoms with Crippen LogP contribution in [0.15, 0.2) is 59.5 Å². The van der Waals surface area contributed by atoms with Crippen LogP contribution in [-0.4, -0.2) is 21.6 Å². The van der Waals surface area contributed by atoms with Crippen molar-refractivity contribution in [2.45, 2.75) is 11.4 Å². The smallest absolute Gasteiger partial charge is 0.261 e. The number of hydrogen-bond donors (Lipinski definition) is 2. The predicted molar refractivity (Wildman–Crippen MR) is 103 cm³/mol. The van der Waals surface area contributed by atoms with Crippen molar-refractivity contribution >= 4 is 38.1 Å². The zero-order valence-corrected chi connectivity index (χ0v) is 15.4. The highest BCUT2D eigenvalue weighted by Crippen LogP contribution is 2.28. The summed E-state index contributed by atoms with van der Waals surface area (Å²) in [4.78, 5) is 0.191. The number of rotatable bonds is 3. The molecule has 5 nitrogen and oxygen atoms in total. The minimum atomic E-state index is -3.71.